The van der Waals surface area contributed by atoms with Gasteiger partial charge in [-0.1, -0.05) is 26.2 Å². The van der Waals surface area contributed by atoms with Gasteiger partial charge in [0.2, 0.25) is 0 Å². The standard InChI is InChI=1S/C25H31N3O6S/c1-3-5-6-7-16-33-20-12-8-18(9-13-20)23(30)26-25(35)28-27-22(29)17-34-21-14-10-19(11-15-21)24(31)32-4-2/h8-15H,3-7,16-17H2,1-2H3,(H,27,29)(H2,26,28,30,35). The van der Waals surface area contributed by atoms with E-state index in [1.54, 1.807) is 55.5 Å². The number of carbonyl (C=O) groups excluding carboxylic acids is 3. The predicted molar refractivity (Wildman–Crippen MR) is 135 cm³/mol. The molecule has 0 aliphatic carbocycles. The molecule has 0 aromatic heterocycles. The number of amides is 2. The lowest BCUT2D eigenvalue weighted by Gasteiger charge is -2.12. The third-order valence-electron chi connectivity index (χ3n) is 4.66. The Morgan fingerprint density at radius 1 is 0.800 bits per heavy atom. The number of hydrazine groups is 1. The highest BCUT2D eigenvalue weighted by atomic mass is 32.1. The molecule has 0 heterocycles. The van der Waals surface area contributed by atoms with Crippen LogP contribution in [0.3, 0.4) is 0 Å². The monoisotopic (exact) mass is 501 g/mol. The summed E-state index contributed by atoms with van der Waals surface area (Å²) in [4.78, 5) is 35.9. The second kappa shape index (κ2) is 15.3. The van der Waals surface area contributed by atoms with E-state index in [1.807, 2.05) is 0 Å². The van der Waals surface area contributed by atoms with Crippen LogP contribution in [0, 0.1) is 0 Å². The molecule has 9 nitrogen and oxygen atoms in total. The third-order valence-corrected chi connectivity index (χ3v) is 4.87. The zero-order chi connectivity index (χ0) is 25.5. The molecule has 35 heavy (non-hydrogen) atoms. The van der Waals surface area contributed by atoms with E-state index in [1.165, 1.54) is 12.8 Å². The molecule has 0 aliphatic rings. The summed E-state index contributed by atoms with van der Waals surface area (Å²) in [5.74, 6) is -0.279. The Balaban J connectivity index is 1.68. The maximum absolute atomic E-state index is 12.3. The normalized spacial score (nSPS) is 10.1. The van der Waals surface area contributed by atoms with Crippen LogP contribution in [0.2, 0.25) is 0 Å². The van der Waals surface area contributed by atoms with Crippen molar-refractivity contribution in [3.05, 3.63) is 59.7 Å². The average molecular weight is 502 g/mol. The highest BCUT2D eigenvalue weighted by Crippen LogP contribution is 2.14. The topological polar surface area (TPSA) is 115 Å². The first-order valence-electron chi connectivity index (χ1n) is 11.5. The van der Waals surface area contributed by atoms with Crippen LogP contribution < -0.4 is 25.6 Å². The van der Waals surface area contributed by atoms with Gasteiger partial charge in [-0.05, 0) is 74.1 Å². The van der Waals surface area contributed by atoms with Crippen molar-refractivity contribution in [1.29, 1.82) is 0 Å². The van der Waals surface area contributed by atoms with E-state index in [0.29, 0.717) is 29.2 Å². The van der Waals surface area contributed by atoms with Crippen LogP contribution in [0.1, 0.15) is 60.2 Å². The average Bonchev–Trinajstić information content (AvgIpc) is 2.87. The largest absolute Gasteiger partial charge is 0.494 e. The maximum Gasteiger partial charge on any atom is 0.338 e. The minimum atomic E-state index is -0.517. The fraction of sp³-hybridized carbons (Fsp3) is 0.360. The van der Waals surface area contributed by atoms with Crippen molar-refractivity contribution in [2.24, 2.45) is 0 Å². The molecule has 0 spiro atoms. The molecule has 2 amide bonds. The van der Waals surface area contributed by atoms with Crippen LogP contribution >= 0.6 is 12.2 Å². The van der Waals surface area contributed by atoms with E-state index in [9.17, 15) is 14.4 Å². The molecule has 0 saturated heterocycles. The van der Waals surface area contributed by atoms with Gasteiger partial charge in [0.05, 0.1) is 18.8 Å². The Morgan fingerprint density at radius 2 is 1.43 bits per heavy atom. The van der Waals surface area contributed by atoms with Gasteiger partial charge in [0.25, 0.3) is 11.8 Å². The Bertz CT molecular complexity index is 980. The van der Waals surface area contributed by atoms with Crippen LogP contribution in [-0.2, 0) is 9.53 Å². The Morgan fingerprint density at radius 3 is 2.06 bits per heavy atom. The van der Waals surface area contributed by atoms with Crippen LogP contribution in [0.5, 0.6) is 11.5 Å². The highest BCUT2D eigenvalue weighted by Gasteiger charge is 2.10. The van der Waals surface area contributed by atoms with Crippen LogP contribution in [0.15, 0.2) is 48.5 Å². The van der Waals surface area contributed by atoms with Crippen molar-refractivity contribution in [2.75, 3.05) is 19.8 Å². The van der Waals surface area contributed by atoms with Gasteiger partial charge < -0.3 is 14.2 Å². The second-order valence-corrected chi connectivity index (χ2v) is 7.83. The summed E-state index contributed by atoms with van der Waals surface area (Å²) in [5, 5.41) is 2.41. The fourth-order valence-corrected chi connectivity index (χ4v) is 2.98. The van der Waals surface area contributed by atoms with Crippen molar-refractivity contribution in [3.63, 3.8) is 0 Å². The fourth-order valence-electron chi connectivity index (χ4n) is 2.84. The first-order valence-corrected chi connectivity index (χ1v) is 11.9. The van der Waals surface area contributed by atoms with E-state index in [0.717, 1.165) is 12.8 Å². The lowest BCUT2D eigenvalue weighted by molar-refractivity contribution is -0.123. The summed E-state index contributed by atoms with van der Waals surface area (Å²) in [6.07, 6.45) is 4.49. The summed E-state index contributed by atoms with van der Waals surface area (Å²) in [6, 6.07) is 12.9. The summed E-state index contributed by atoms with van der Waals surface area (Å²) >= 11 is 5.04. The van der Waals surface area contributed by atoms with E-state index >= 15 is 0 Å². The molecule has 0 unspecified atom stereocenters. The number of benzene rings is 2. The molecule has 10 heteroatoms. The van der Waals surface area contributed by atoms with Gasteiger partial charge in [-0.25, -0.2) is 4.79 Å². The minimum Gasteiger partial charge on any atom is -0.494 e. The van der Waals surface area contributed by atoms with Gasteiger partial charge >= 0.3 is 5.97 Å². The maximum atomic E-state index is 12.3. The van der Waals surface area contributed by atoms with E-state index in [-0.39, 0.29) is 18.3 Å². The van der Waals surface area contributed by atoms with Crippen molar-refractivity contribution < 1.29 is 28.6 Å². The lowest BCUT2D eigenvalue weighted by Crippen LogP contribution is -2.49. The quantitative estimate of drug-likeness (QED) is 0.175. The van der Waals surface area contributed by atoms with Gasteiger partial charge in [-0.15, -0.1) is 0 Å². The van der Waals surface area contributed by atoms with Gasteiger partial charge in [-0.2, -0.15) is 0 Å². The zero-order valence-corrected chi connectivity index (χ0v) is 20.7. The Labute approximate surface area is 210 Å². The predicted octanol–water partition coefficient (Wildman–Crippen LogP) is 3.54. The highest BCUT2D eigenvalue weighted by molar-refractivity contribution is 7.80. The molecule has 0 bridgehead atoms. The van der Waals surface area contributed by atoms with Crippen molar-refractivity contribution in [2.45, 2.75) is 39.5 Å². The number of nitrogens with one attached hydrogen (secondary N) is 3. The number of hydrogen-bond acceptors (Lipinski definition) is 7. The lowest BCUT2D eigenvalue weighted by atomic mass is 10.2. The third kappa shape index (κ3) is 10.4. The van der Waals surface area contributed by atoms with Gasteiger partial charge in [0, 0.05) is 5.56 Å². The molecule has 188 valence electrons. The van der Waals surface area contributed by atoms with Gasteiger partial charge in [-0.3, -0.25) is 25.8 Å². The molecule has 3 N–H and O–H groups in total. The molecule has 0 radical (unpaired) electrons. The van der Waals surface area contributed by atoms with E-state index in [2.05, 4.69) is 23.1 Å². The number of carbonyl (C=O) groups is 3. The summed E-state index contributed by atoms with van der Waals surface area (Å²) < 4.78 is 15.9. The van der Waals surface area contributed by atoms with Crippen LogP contribution in [0.25, 0.3) is 0 Å². The van der Waals surface area contributed by atoms with Crippen LogP contribution in [0.4, 0.5) is 0 Å². The first kappa shape index (κ1) is 27.6. The van der Waals surface area contributed by atoms with E-state index in [4.69, 9.17) is 26.4 Å². The van der Waals surface area contributed by atoms with E-state index < -0.39 is 17.8 Å². The molecule has 2 aromatic rings. The Kier molecular flexibility index (Phi) is 12.0. The van der Waals surface area contributed by atoms with Crippen molar-refractivity contribution in [3.8, 4) is 11.5 Å². The number of hydrogen-bond donors (Lipinski definition) is 3. The van der Waals surface area contributed by atoms with Gasteiger partial charge in [0.15, 0.2) is 11.7 Å². The molecule has 0 fully saturated rings. The van der Waals surface area contributed by atoms with Crippen molar-refractivity contribution in [1.82, 2.24) is 16.2 Å². The molecule has 0 saturated carbocycles. The smallest absolute Gasteiger partial charge is 0.338 e. The second-order valence-electron chi connectivity index (χ2n) is 7.42. The molecular formula is C25H31N3O6S. The number of thiocarbonyl (C=S) groups is 1. The number of esters is 1. The van der Waals surface area contributed by atoms with Crippen molar-refractivity contribution >= 4 is 35.1 Å². The summed E-state index contributed by atoms with van der Waals surface area (Å²) in [6.45, 7) is 4.51. The molecule has 0 aliphatic heterocycles. The Hall–Kier alpha value is -3.66. The summed E-state index contributed by atoms with van der Waals surface area (Å²) in [5.41, 5.74) is 5.57. The molecule has 0 atom stereocenters. The van der Waals surface area contributed by atoms with Crippen LogP contribution in [-0.4, -0.2) is 42.7 Å². The number of unbranched alkanes of at least 4 members (excludes halogenated alkanes) is 3. The number of rotatable bonds is 12. The molecule has 2 aromatic carbocycles. The SMILES string of the molecule is CCCCCCOc1ccc(C(=O)NC(=S)NNC(=O)COc2ccc(C(=O)OCC)cc2)cc1. The van der Waals surface area contributed by atoms with Gasteiger partial charge in [0.1, 0.15) is 11.5 Å². The molecular weight excluding hydrogens is 470 g/mol. The number of ether oxygens (including phenoxy) is 3. The zero-order valence-electron chi connectivity index (χ0n) is 19.9. The summed E-state index contributed by atoms with van der Waals surface area (Å²) in [7, 11) is 0. The first-order chi connectivity index (χ1) is 16.9. The minimum absolute atomic E-state index is 0.0709. The molecule has 2 rings (SSSR count).